The molecule has 0 saturated carbocycles. The maximum Gasteiger partial charge on any atom is 0.329 e. The molecule has 160 valence electrons. The molecule has 0 bridgehead atoms. The first kappa shape index (κ1) is 23.3. The Balaban J connectivity index is 2.08. The van der Waals surface area contributed by atoms with Crippen LogP contribution < -0.4 is 5.32 Å². The van der Waals surface area contributed by atoms with Gasteiger partial charge in [0.2, 0.25) is 5.78 Å². The van der Waals surface area contributed by atoms with Crippen LogP contribution in [0.15, 0.2) is 24.3 Å². The summed E-state index contributed by atoms with van der Waals surface area (Å²) in [4.78, 5) is 52.2. The van der Waals surface area contributed by atoms with Crippen LogP contribution in [0.1, 0.15) is 63.2 Å². The summed E-state index contributed by atoms with van der Waals surface area (Å²) in [5.74, 6) is -2.13. The first-order chi connectivity index (χ1) is 14.0. The number of rotatable bonds is 8. The lowest BCUT2D eigenvalue weighted by atomic mass is 10.0. The lowest BCUT2D eigenvalue weighted by Crippen LogP contribution is -2.45. The Kier molecular flexibility index (Phi) is 7.56. The van der Waals surface area contributed by atoms with Crippen molar-refractivity contribution in [1.29, 1.82) is 0 Å². The minimum Gasteiger partial charge on any atom is -0.456 e. The van der Waals surface area contributed by atoms with Gasteiger partial charge in [0.25, 0.3) is 5.91 Å². The van der Waals surface area contributed by atoms with Crippen molar-refractivity contribution in [2.75, 3.05) is 6.61 Å². The third kappa shape index (κ3) is 5.16. The number of esters is 1. The van der Waals surface area contributed by atoms with Crippen molar-refractivity contribution < 1.29 is 23.9 Å². The highest BCUT2D eigenvalue weighted by atomic mass is 35.5. The molecule has 1 heterocycles. The van der Waals surface area contributed by atoms with E-state index in [1.165, 1.54) is 6.92 Å². The summed E-state index contributed by atoms with van der Waals surface area (Å²) in [6.07, 6.45) is 0. The van der Waals surface area contributed by atoms with Crippen LogP contribution in [0.2, 0.25) is 5.02 Å². The first-order valence-electron chi connectivity index (χ1n) is 9.49. The van der Waals surface area contributed by atoms with E-state index in [9.17, 15) is 19.2 Å². The Labute approximate surface area is 180 Å². The van der Waals surface area contributed by atoms with Crippen molar-refractivity contribution in [1.82, 2.24) is 10.3 Å². The smallest absolute Gasteiger partial charge is 0.329 e. The quantitative estimate of drug-likeness (QED) is 0.489. The van der Waals surface area contributed by atoms with Crippen LogP contribution in [0.3, 0.4) is 0 Å². The fraction of sp³-hybridized carbons (Fsp3) is 0.364. The molecule has 2 N–H and O–H groups in total. The largest absolute Gasteiger partial charge is 0.456 e. The maximum atomic E-state index is 12.6. The van der Waals surface area contributed by atoms with E-state index in [0.29, 0.717) is 16.8 Å². The number of ketones is 2. The summed E-state index contributed by atoms with van der Waals surface area (Å²) in [6, 6.07) is 5.53. The molecule has 1 amide bonds. The van der Waals surface area contributed by atoms with Gasteiger partial charge >= 0.3 is 5.97 Å². The molecule has 0 aliphatic heterocycles. The van der Waals surface area contributed by atoms with E-state index in [0.717, 1.165) is 0 Å². The number of aromatic nitrogens is 1. The summed E-state index contributed by atoms with van der Waals surface area (Å²) < 4.78 is 5.17. The van der Waals surface area contributed by atoms with Crippen molar-refractivity contribution in [2.24, 2.45) is 5.92 Å². The van der Waals surface area contributed by atoms with Gasteiger partial charge in [-0.15, -0.1) is 0 Å². The molecule has 30 heavy (non-hydrogen) atoms. The number of carbonyl (C=O) groups is 4. The Morgan fingerprint density at radius 1 is 1.13 bits per heavy atom. The van der Waals surface area contributed by atoms with Crippen molar-refractivity contribution in [3.8, 4) is 0 Å². The van der Waals surface area contributed by atoms with Gasteiger partial charge < -0.3 is 15.0 Å². The van der Waals surface area contributed by atoms with Gasteiger partial charge in [-0.2, -0.15) is 0 Å². The predicted octanol–water partition coefficient (Wildman–Crippen LogP) is 3.67. The van der Waals surface area contributed by atoms with Gasteiger partial charge in [-0.25, -0.2) is 4.79 Å². The third-order valence-corrected chi connectivity index (χ3v) is 5.07. The van der Waals surface area contributed by atoms with Gasteiger partial charge in [0.15, 0.2) is 12.4 Å². The van der Waals surface area contributed by atoms with Crippen LogP contribution in [-0.2, 0) is 9.53 Å². The van der Waals surface area contributed by atoms with Crippen LogP contribution >= 0.6 is 11.6 Å². The fourth-order valence-corrected chi connectivity index (χ4v) is 3.44. The van der Waals surface area contributed by atoms with Crippen molar-refractivity contribution in [3.63, 3.8) is 0 Å². The highest BCUT2D eigenvalue weighted by molar-refractivity contribution is 6.33. The Hall–Kier alpha value is -2.93. The van der Waals surface area contributed by atoms with E-state index < -0.39 is 30.3 Å². The summed E-state index contributed by atoms with van der Waals surface area (Å²) in [5.41, 5.74) is 2.03. The van der Waals surface area contributed by atoms with E-state index in [1.54, 1.807) is 52.0 Å². The lowest BCUT2D eigenvalue weighted by molar-refractivity contribution is -0.145. The van der Waals surface area contributed by atoms with E-state index >= 15 is 0 Å². The fourth-order valence-electron chi connectivity index (χ4n) is 3.22. The third-order valence-electron chi connectivity index (χ3n) is 4.74. The van der Waals surface area contributed by atoms with E-state index in [2.05, 4.69) is 10.3 Å². The molecule has 7 nitrogen and oxygen atoms in total. The normalized spacial score (nSPS) is 11.8. The number of hydrogen-bond acceptors (Lipinski definition) is 5. The minimum absolute atomic E-state index is 0.153. The SMILES string of the molecule is CC(=O)c1c(C)[nH]c(C(=O)COC(=O)[C@@H](NC(=O)c2ccccc2Cl)C(C)C)c1C. The number of aromatic amines is 1. The van der Waals surface area contributed by atoms with Crippen molar-refractivity contribution in [3.05, 3.63) is 57.4 Å². The molecule has 0 unspecified atom stereocenters. The Morgan fingerprint density at radius 3 is 2.30 bits per heavy atom. The second kappa shape index (κ2) is 9.71. The van der Waals surface area contributed by atoms with Crippen LogP contribution in [-0.4, -0.2) is 41.1 Å². The first-order valence-corrected chi connectivity index (χ1v) is 9.87. The molecular weight excluding hydrogens is 408 g/mol. The number of Topliss-reactive ketones (excluding diaryl/α,β-unsaturated/α-hetero) is 2. The topological polar surface area (TPSA) is 105 Å². The van der Waals surface area contributed by atoms with Gasteiger partial charge in [-0.05, 0) is 44.4 Å². The minimum atomic E-state index is -0.958. The summed E-state index contributed by atoms with van der Waals surface area (Å²) in [5, 5.41) is 2.88. The van der Waals surface area contributed by atoms with Crippen molar-refractivity contribution in [2.45, 2.75) is 40.7 Å². The highest BCUT2D eigenvalue weighted by Gasteiger charge is 2.28. The van der Waals surface area contributed by atoms with Gasteiger partial charge in [-0.3, -0.25) is 14.4 Å². The van der Waals surface area contributed by atoms with E-state index in [-0.39, 0.29) is 28.0 Å². The molecule has 1 aromatic carbocycles. The summed E-state index contributed by atoms with van der Waals surface area (Å²) in [6.45, 7) is 7.77. The molecular formula is C22H25ClN2O5. The number of aryl methyl sites for hydroxylation is 1. The van der Waals surface area contributed by atoms with Gasteiger partial charge in [0.05, 0.1) is 16.3 Å². The number of hydrogen-bond donors (Lipinski definition) is 2. The molecule has 0 radical (unpaired) electrons. The molecule has 8 heteroatoms. The molecule has 0 aliphatic rings. The number of amides is 1. The van der Waals surface area contributed by atoms with E-state index in [4.69, 9.17) is 16.3 Å². The highest BCUT2D eigenvalue weighted by Crippen LogP contribution is 2.19. The van der Waals surface area contributed by atoms with E-state index in [1.807, 2.05) is 0 Å². The average molecular weight is 433 g/mol. The number of carbonyl (C=O) groups excluding carboxylic acids is 4. The van der Waals surface area contributed by atoms with Crippen LogP contribution in [0.5, 0.6) is 0 Å². The number of halogens is 1. The molecule has 0 spiro atoms. The Morgan fingerprint density at radius 2 is 1.77 bits per heavy atom. The zero-order valence-electron chi connectivity index (χ0n) is 17.6. The van der Waals surface area contributed by atoms with Gasteiger partial charge in [0.1, 0.15) is 6.04 Å². The number of benzene rings is 1. The Bertz CT molecular complexity index is 993. The number of nitrogens with one attached hydrogen (secondary N) is 2. The monoisotopic (exact) mass is 432 g/mol. The molecule has 1 atom stereocenters. The van der Waals surface area contributed by atoms with Crippen LogP contribution in [0, 0.1) is 19.8 Å². The molecule has 0 saturated heterocycles. The van der Waals surface area contributed by atoms with Gasteiger partial charge in [0, 0.05) is 11.3 Å². The number of H-pyrrole nitrogens is 1. The average Bonchev–Trinajstić information content (AvgIpc) is 2.98. The zero-order chi connectivity index (χ0) is 22.6. The second-order valence-corrected chi connectivity index (χ2v) is 7.79. The summed E-state index contributed by atoms with van der Waals surface area (Å²) >= 11 is 6.03. The lowest BCUT2D eigenvalue weighted by Gasteiger charge is -2.21. The molecule has 0 fully saturated rings. The van der Waals surface area contributed by atoms with Gasteiger partial charge in [-0.1, -0.05) is 37.6 Å². The zero-order valence-corrected chi connectivity index (χ0v) is 18.3. The van der Waals surface area contributed by atoms with Crippen LogP contribution in [0.25, 0.3) is 0 Å². The summed E-state index contributed by atoms with van der Waals surface area (Å²) in [7, 11) is 0. The van der Waals surface area contributed by atoms with Crippen molar-refractivity contribution >= 4 is 35.0 Å². The number of ether oxygens (including phenoxy) is 1. The standard InChI is InChI=1S/C22H25ClN2O5/c1-11(2)19(25-21(28)15-8-6-7-9-16(15)23)22(29)30-10-17(27)20-12(3)18(14(5)26)13(4)24-20/h6-9,11,19,24H,10H2,1-5H3,(H,25,28)/t19-/m0/s1. The molecule has 2 rings (SSSR count). The van der Waals surface area contributed by atoms with Crippen LogP contribution in [0.4, 0.5) is 0 Å². The molecule has 2 aromatic rings. The predicted molar refractivity (Wildman–Crippen MR) is 113 cm³/mol. The molecule has 0 aliphatic carbocycles. The maximum absolute atomic E-state index is 12.6. The molecule has 1 aromatic heterocycles. The second-order valence-electron chi connectivity index (χ2n) is 7.39.